The fraction of sp³-hybridized carbons (Fsp3) is 0.333. The molecule has 2 aromatic heterocycles. The van der Waals surface area contributed by atoms with E-state index in [1.54, 1.807) is 0 Å². The largest absolute Gasteiger partial charge is 0.345 e. The Morgan fingerprint density at radius 1 is 1.23 bits per heavy atom. The lowest BCUT2D eigenvalue weighted by Gasteiger charge is -2.08. The number of aromatic nitrogens is 5. The lowest BCUT2D eigenvalue weighted by atomic mass is 10.2. The Morgan fingerprint density at radius 3 is 2.69 bits per heavy atom. The van der Waals surface area contributed by atoms with Gasteiger partial charge in [0.15, 0.2) is 5.82 Å². The smallest absolute Gasteiger partial charge is 0.251 e. The fourth-order valence-corrected chi connectivity index (χ4v) is 3.48. The molecule has 7 nitrogen and oxygen atoms in total. The Balaban J connectivity index is 1.46. The van der Waals surface area contributed by atoms with Gasteiger partial charge in [0.05, 0.1) is 28.1 Å². The van der Waals surface area contributed by atoms with Crippen molar-refractivity contribution in [3.05, 3.63) is 57.3 Å². The number of benzene rings is 1. The Labute approximate surface area is 159 Å². The molecule has 0 aliphatic carbocycles. The monoisotopic (exact) mass is 414 g/mol. The second-order valence-corrected chi connectivity index (χ2v) is 7.21. The molecule has 0 saturated heterocycles. The summed E-state index contributed by atoms with van der Waals surface area (Å²) in [6, 6.07) is 7.41. The molecule has 1 aliphatic heterocycles. The molecule has 1 N–H and O–H groups in total. The van der Waals surface area contributed by atoms with Crippen LogP contribution in [0.15, 0.2) is 28.7 Å². The van der Waals surface area contributed by atoms with E-state index in [1.165, 1.54) is 0 Å². The predicted octanol–water partition coefficient (Wildman–Crippen LogP) is 2.72. The van der Waals surface area contributed by atoms with Gasteiger partial charge in [-0.25, -0.2) is 4.68 Å². The fourth-order valence-electron chi connectivity index (χ4n) is 3.23. The third-order valence-electron chi connectivity index (χ3n) is 4.67. The predicted molar refractivity (Wildman–Crippen MR) is 100 cm³/mol. The van der Waals surface area contributed by atoms with Crippen LogP contribution in [0.25, 0.3) is 5.69 Å². The zero-order valence-electron chi connectivity index (χ0n) is 14.7. The second-order valence-electron chi connectivity index (χ2n) is 6.41. The topological polar surface area (TPSA) is 77.6 Å². The Hall–Kier alpha value is -2.48. The highest BCUT2D eigenvalue weighted by molar-refractivity contribution is 9.10. The Bertz CT molecular complexity index is 972. The van der Waals surface area contributed by atoms with E-state index in [-0.39, 0.29) is 5.91 Å². The van der Waals surface area contributed by atoms with Crippen LogP contribution in [0, 0.1) is 13.8 Å². The van der Waals surface area contributed by atoms with Crippen molar-refractivity contribution in [2.45, 2.75) is 39.8 Å². The van der Waals surface area contributed by atoms with Crippen LogP contribution in [-0.2, 0) is 19.5 Å². The van der Waals surface area contributed by atoms with Gasteiger partial charge in [0, 0.05) is 18.5 Å². The van der Waals surface area contributed by atoms with Crippen LogP contribution in [0.2, 0.25) is 0 Å². The SMILES string of the molecule is Cc1nn(-c2ccc(C(=O)NCc3nnc4n3CCC4)cc2)c(C)c1Br. The minimum atomic E-state index is -0.124. The molecule has 1 amide bonds. The average Bonchev–Trinajstić information content (AvgIpc) is 3.32. The zero-order chi connectivity index (χ0) is 18.3. The van der Waals surface area contributed by atoms with E-state index in [1.807, 2.05) is 42.8 Å². The highest BCUT2D eigenvalue weighted by Crippen LogP contribution is 2.23. The van der Waals surface area contributed by atoms with Crippen LogP contribution in [0.3, 0.4) is 0 Å². The van der Waals surface area contributed by atoms with Gasteiger partial charge in [0.25, 0.3) is 5.91 Å². The van der Waals surface area contributed by atoms with Crippen molar-refractivity contribution in [2.75, 3.05) is 0 Å². The van der Waals surface area contributed by atoms with Crippen LogP contribution in [0.1, 0.15) is 39.8 Å². The van der Waals surface area contributed by atoms with Crippen LogP contribution >= 0.6 is 15.9 Å². The lowest BCUT2D eigenvalue weighted by molar-refractivity contribution is 0.0949. The molecule has 4 rings (SSSR count). The summed E-state index contributed by atoms with van der Waals surface area (Å²) in [5, 5.41) is 15.7. The summed E-state index contributed by atoms with van der Waals surface area (Å²) in [6.07, 6.45) is 2.06. The van der Waals surface area contributed by atoms with E-state index < -0.39 is 0 Å². The van der Waals surface area contributed by atoms with Gasteiger partial charge >= 0.3 is 0 Å². The second kappa shape index (κ2) is 6.68. The minimum absolute atomic E-state index is 0.124. The standard InChI is InChI=1S/C18H19BrN6O/c1-11-17(19)12(2)25(23-11)14-7-5-13(6-8-14)18(26)20-10-16-22-21-15-4-3-9-24(15)16/h5-8H,3-4,9-10H2,1-2H3,(H,20,26). The maximum absolute atomic E-state index is 12.4. The number of rotatable bonds is 4. The van der Waals surface area contributed by atoms with Crippen molar-refractivity contribution in [3.8, 4) is 5.69 Å². The van der Waals surface area contributed by atoms with E-state index in [9.17, 15) is 4.79 Å². The van der Waals surface area contributed by atoms with E-state index in [0.717, 1.165) is 52.6 Å². The minimum Gasteiger partial charge on any atom is -0.345 e. The summed E-state index contributed by atoms with van der Waals surface area (Å²) < 4.78 is 4.95. The molecule has 0 spiro atoms. The van der Waals surface area contributed by atoms with Crippen LogP contribution in [0.4, 0.5) is 0 Å². The number of carbonyl (C=O) groups is 1. The molecule has 0 unspecified atom stereocenters. The molecule has 0 bridgehead atoms. The first-order valence-electron chi connectivity index (χ1n) is 8.56. The van der Waals surface area contributed by atoms with E-state index in [2.05, 4.69) is 41.1 Å². The highest BCUT2D eigenvalue weighted by Gasteiger charge is 2.18. The zero-order valence-corrected chi connectivity index (χ0v) is 16.2. The summed E-state index contributed by atoms with van der Waals surface area (Å²) >= 11 is 3.54. The first-order valence-corrected chi connectivity index (χ1v) is 9.35. The molecule has 8 heteroatoms. The molecule has 0 atom stereocenters. The van der Waals surface area contributed by atoms with Crippen molar-refractivity contribution < 1.29 is 4.79 Å². The Morgan fingerprint density at radius 2 is 2.00 bits per heavy atom. The van der Waals surface area contributed by atoms with Crippen LogP contribution < -0.4 is 5.32 Å². The number of nitrogens with zero attached hydrogens (tertiary/aromatic N) is 5. The van der Waals surface area contributed by atoms with Crippen LogP contribution in [0.5, 0.6) is 0 Å². The van der Waals surface area contributed by atoms with Gasteiger partial charge in [-0.15, -0.1) is 10.2 Å². The first kappa shape index (κ1) is 17.0. The van der Waals surface area contributed by atoms with Gasteiger partial charge in [-0.05, 0) is 60.5 Å². The maximum Gasteiger partial charge on any atom is 0.251 e. The number of carbonyl (C=O) groups excluding carboxylic acids is 1. The van der Waals surface area contributed by atoms with Crippen molar-refractivity contribution in [1.82, 2.24) is 29.9 Å². The van der Waals surface area contributed by atoms with Gasteiger partial charge in [-0.2, -0.15) is 5.10 Å². The molecular formula is C18H19BrN6O. The summed E-state index contributed by atoms with van der Waals surface area (Å²) in [6.45, 7) is 5.27. The van der Waals surface area contributed by atoms with Gasteiger partial charge in [-0.1, -0.05) is 0 Å². The van der Waals surface area contributed by atoms with E-state index >= 15 is 0 Å². The molecule has 0 saturated carbocycles. The van der Waals surface area contributed by atoms with Crippen molar-refractivity contribution in [1.29, 1.82) is 0 Å². The molecule has 3 heterocycles. The summed E-state index contributed by atoms with van der Waals surface area (Å²) in [5.74, 6) is 1.70. The van der Waals surface area contributed by atoms with Crippen molar-refractivity contribution in [3.63, 3.8) is 0 Å². The van der Waals surface area contributed by atoms with Gasteiger partial charge in [0.2, 0.25) is 0 Å². The molecule has 26 heavy (non-hydrogen) atoms. The number of nitrogens with one attached hydrogen (secondary N) is 1. The summed E-state index contributed by atoms with van der Waals surface area (Å²) in [4.78, 5) is 12.4. The molecule has 1 aromatic carbocycles. The van der Waals surface area contributed by atoms with Gasteiger partial charge < -0.3 is 9.88 Å². The molecule has 1 aliphatic rings. The molecule has 0 fully saturated rings. The highest BCUT2D eigenvalue weighted by atomic mass is 79.9. The quantitative estimate of drug-likeness (QED) is 0.711. The lowest BCUT2D eigenvalue weighted by Crippen LogP contribution is -2.24. The number of hydrogen-bond acceptors (Lipinski definition) is 4. The molecule has 3 aromatic rings. The molecule has 134 valence electrons. The van der Waals surface area contributed by atoms with E-state index in [4.69, 9.17) is 0 Å². The number of hydrogen-bond donors (Lipinski definition) is 1. The number of aryl methyl sites for hydroxylation is 2. The Kier molecular flexibility index (Phi) is 4.36. The number of halogens is 1. The number of fused-ring (bicyclic) bond motifs is 1. The molecular weight excluding hydrogens is 396 g/mol. The normalized spacial score (nSPS) is 13.0. The van der Waals surface area contributed by atoms with Gasteiger partial charge in [-0.3, -0.25) is 4.79 Å². The third kappa shape index (κ3) is 2.94. The maximum atomic E-state index is 12.4. The average molecular weight is 415 g/mol. The van der Waals surface area contributed by atoms with Crippen molar-refractivity contribution >= 4 is 21.8 Å². The van der Waals surface area contributed by atoms with Crippen molar-refractivity contribution in [2.24, 2.45) is 0 Å². The summed E-state index contributed by atoms with van der Waals surface area (Å²) in [7, 11) is 0. The first-order chi connectivity index (χ1) is 12.5. The van der Waals surface area contributed by atoms with Gasteiger partial charge in [0.1, 0.15) is 5.82 Å². The summed E-state index contributed by atoms with van der Waals surface area (Å²) in [5.41, 5.74) is 3.49. The van der Waals surface area contributed by atoms with E-state index in [0.29, 0.717) is 12.1 Å². The third-order valence-corrected chi connectivity index (χ3v) is 5.82. The number of amides is 1. The molecule has 0 radical (unpaired) electrons. The van der Waals surface area contributed by atoms with Crippen LogP contribution in [-0.4, -0.2) is 30.5 Å².